The minimum atomic E-state index is 0.790. The highest BCUT2D eigenvalue weighted by molar-refractivity contribution is 5.32. The van der Waals surface area contributed by atoms with Gasteiger partial charge < -0.3 is 0 Å². The molecule has 0 radical (unpaired) electrons. The van der Waals surface area contributed by atoms with Gasteiger partial charge in [0.25, 0.3) is 0 Å². The Bertz CT molecular complexity index is 316. The molecule has 0 bridgehead atoms. The van der Waals surface area contributed by atoms with Crippen LogP contribution in [0.5, 0.6) is 0 Å². The second-order valence-electron chi connectivity index (χ2n) is 7.36. The van der Waals surface area contributed by atoms with Gasteiger partial charge in [-0.1, -0.05) is 27.7 Å². The molecule has 0 spiro atoms. The van der Waals surface area contributed by atoms with E-state index in [1.807, 2.05) is 0 Å². The van der Waals surface area contributed by atoms with Crippen molar-refractivity contribution < 1.29 is 0 Å². The molecule has 0 aliphatic heterocycles. The summed E-state index contributed by atoms with van der Waals surface area (Å²) in [6, 6.07) is 0. The molecule has 78 valence electrons. The molecule has 0 N–H and O–H groups in total. The van der Waals surface area contributed by atoms with Crippen molar-refractivity contribution in [3.63, 3.8) is 0 Å². The molecule has 4 saturated carbocycles. The van der Waals surface area contributed by atoms with Crippen LogP contribution < -0.4 is 0 Å². The summed E-state index contributed by atoms with van der Waals surface area (Å²) >= 11 is 0. The Labute approximate surface area is 87.5 Å². The smallest absolute Gasteiger partial charge is 0.0224 e. The lowest BCUT2D eigenvalue weighted by Crippen LogP contribution is -2.36. The van der Waals surface area contributed by atoms with Gasteiger partial charge in [0.1, 0.15) is 0 Å². The Morgan fingerprint density at radius 3 is 2.50 bits per heavy atom. The summed E-state index contributed by atoms with van der Waals surface area (Å²) in [5.74, 6) is 6.55. The molecule has 0 amide bonds. The highest BCUT2D eigenvalue weighted by atomic mass is 14.9. The van der Waals surface area contributed by atoms with Crippen molar-refractivity contribution in [2.24, 2.45) is 46.3 Å². The average molecular weight is 190 g/mol. The predicted octanol–water partition coefficient (Wildman–Crippen LogP) is 3.57. The zero-order chi connectivity index (χ0) is 9.88. The van der Waals surface area contributed by atoms with E-state index in [2.05, 4.69) is 27.7 Å². The first-order valence-electron chi connectivity index (χ1n) is 6.51. The van der Waals surface area contributed by atoms with E-state index >= 15 is 0 Å². The molecule has 14 heavy (non-hydrogen) atoms. The monoisotopic (exact) mass is 190 g/mol. The van der Waals surface area contributed by atoms with Gasteiger partial charge in [0.15, 0.2) is 0 Å². The van der Waals surface area contributed by atoms with Crippen LogP contribution >= 0.6 is 0 Å². The highest BCUT2D eigenvalue weighted by Crippen LogP contribution is 2.90. The molecule has 4 fully saturated rings. The van der Waals surface area contributed by atoms with Crippen LogP contribution in [-0.4, -0.2) is 0 Å². The van der Waals surface area contributed by atoms with E-state index in [-0.39, 0.29) is 0 Å². The van der Waals surface area contributed by atoms with Gasteiger partial charge in [0.2, 0.25) is 0 Å². The van der Waals surface area contributed by atoms with E-state index < -0.39 is 0 Å². The third-order valence-electron chi connectivity index (χ3n) is 7.01. The third kappa shape index (κ3) is 0.558. The summed E-state index contributed by atoms with van der Waals surface area (Å²) in [5.41, 5.74) is 1.60. The van der Waals surface area contributed by atoms with Crippen LogP contribution in [0.15, 0.2) is 0 Å². The van der Waals surface area contributed by atoms with E-state index in [0.29, 0.717) is 0 Å². The van der Waals surface area contributed by atoms with Crippen LogP contribution in [0.1, 0.15) is 40.5 Å². The van der Waals surface area contributed by atoms with E-state index in [4.69, 9.17) is 0 Å². The van der Waals surface area contributed by atoms with Gasteiger partial charge >= 0.3 is 0 Å². The van der Waals surface area contributed by atoms with Crippen LogP contribution in [-0.2, 0) is 0 Å². The van der Waals surface area contributed by atoms with Crippen LogP contribution in [0.4, 0.5) is 0 Å². The Morgan fingerprint density at radius 2 is 1.79 bits per heavy atom. The fourth-order valence-electron chi connectivity index (χ4n) is 6.39. The van der Waals surface area contributed by atoms with Crippen LogP contribution in [0, 0.1) is 46.3 Å². The molecular formula is C14H22. The Morgan fingerprint density at radius 1 is 1.07 bits per heavy atom. The molecule has 8 atom stereocenters. The second kappa shape index (κ2) is 1.83. The van der Waals surface area contributed by atoms with Crippen LogP contribution in [0.2, 0.25) is 0 Å². The summed E-state index contributed by atoms with van der Waals surface area (Å²) in [6.45, 7) is 10.2. The van der Waals surface area contributed by atoms with Crippen molar-refractivity contribution in [2.75, 3.05) is 0 Å². The Balaban J connectivity index is 1.79. The molecule has 0 saturated heterocycles. The summed E-state index contributed by atoms with van der Waals surface area (Å²) in [4.78, 5) is 0. The lowest BCUT2D eigenvalue weighted by molar-refractivity contribution is 0.0628. The lowest BCUT2D eigenvalue weighted by atomic mass is 9.63. The number of hydrogen-bond acceptors (Lipinski definition) is 0. The van der Waals surface area contributed by atoms with Gasteiger partial charge in [-0.05, 0) is 59.2 Å². The van der Waals surface area contributed by atoms with Crippen molar-refractivity contribution in [2.45, 2.75) is 40.5 Å². The van der Waals surface area contributed by atoms with Gasteiger partial charge in [0, 0.05) is 0 Å². The Kier molecular flexibility index (Phi) is 1.07. The van der Waals surface area contributed by atoms with E-state index in [9.17, 15) is 0 Å². The van der Waals surface area contributed by atoms with Crippen molar-refractivity contribution in [3.8, 4) is 0 Å². The molecule has 0 heteroatoms. The molecule has 4 aliphatic carbocycles. The maximum atomic E-state index is 2.60. The number of rotatable bonds is 0. The largest absolute Gasteiger partial charge is 0.0622 e. The lowest BCUT2D eigenvalue weighted by Gasteiger charge is -2.42. The third-order valence-corrected chi connectivity index (χ3v) is 7.01. The van der Waals surface area contributed by atoms with Gasteiger partial charge in [-0.3, -0.25) is 0 Å². The molecule has 0 nitrogen and oxygen atoms in total. The summed E-state index contributed by atoms with van der Waals surface area (Å²) in [7, 11) is 0. The highest BCUT2D eigenvalue weighted by Gasteiger charge is 2.85. The minimum Gasteiger partial charge on any atom is -0.0622 e. The quantitative estimate of drug-likeness (QED) is 0.548. The van der Waals surface area contributed by atoms with Crippen molar-refractivity contribution in [1.82, 2.24) is 0 Å². The van der Waals surface area contributed by atoms with Gasteiger partial charge in [0.05, 0.1) is 0 Å². The minimum absolute atomic E-state index is 0.790. The predicted molar refractivity (Wildman–Crippen MR) is 57.7 cm³/mol. The normalized spacial score (nSPS) is 78.0. The zero-order valence-electron chi connectivity index (χ0n) is 9.88. The number of fused-ring (bicyclic) bond motifs is 3. The summed E-state index contributed by atoms with van der Waals surface area (Å²) in [6.07, 6.45) is 3.11. The fraction of sp³-hybridized carbons (Fsp3) is 1.00. The maximum absolute atomic E-state index is 2.60. The molecule has 4 aliphatic rings. The van der Waals surface area contributed by atoms with Gasteiger partial charge in [-0.15, -0.1) is 0 Å². The number of hydrogen-bond donors (Lipinski definition) is 0. The van der Waals surface area contributed by atoms with Crippen LogP contribution in [0.3, 0.4) is 0 Å². The van der Waals surface area contributed by atoms with E-state index in [1.165, 1.54) is 0 Å². The molecule has 0 aromatic heterocycles. The SMILES string of the molecule is CC1CC2C(C)C3C(C4(C)CC14)C23C. The van der Waals surface area contributed by atoms with E-state index in [0.717, 1.165) is 46.3 Å². The first-order chi connectivity index (χ1) is 6.51. The molecule has 0 aromatic carbocycles. The van der Waals surface area contributed by atoms with Gasteiger partial charge in [-0.25, -0.2) is 0 Å². The van der Waals surface area contributed by atoms with Crippen molar-refractivity contribution in [1.29, 1.82) is 0 Å². The maximum Gasteiger partial charge on any atom is -0.0224 e. The first kappa shape index (κ1) is 8.19. The van der Waals surface area contributed by atoms with Crippen molar-refractivity contribution in [3.05, 3.63) is 0 Å². The molecule has 0 aromatic rings. The second-order valence-corrected chi connectivity index (χ2v) is 7.36. The standard InChI is InChI=1S/C14H22/c1-7-5-9-8(2)11-12(14(9,11)4)13(3)6-10(7)13/h7-12H,5-6H2,1-4H3. The molecule has 8 unspecified atom stereocenters. The van der Waals surface area contributed by atoms with Crippen LogP contribution in [0.25, 0.3) is 0 Å². The molecule has 4 rings (SSSR count). The summed E-state index contributed by atoms with van der Waals surface area (Å²) in [5, 5.41) is 0. The molecular weight excluding hydrogens is 168 g/mol. The van der Waals surface area contributed by atoms with Gasteiger partial charge in [-0.2, -0.15) is 0 Å². The summed E-state index contributed by atoms with van der Waals surface area (Å²) < 4.78 is 0. The zero-order valence-corrected chi connectivity index (χ0v) is 9.88. The Hall–Kier alpha value is 0. The fourth-order valence-corrected chi connectivity index (χ4v) is 6.39. The van der Waals surface area contributed by atoms with E-state index in [1.54, 1.807) is 12.8 Å². The first-order valence-corrected chi connectivity index (χ1v) is 6.51. The average Bonchev–Trinajstić information content (AvgIpc) is 2.95. The van der Waals surface area contributed by atoms with Crippen molar-refractivity contribution >= 4 is 0 Å². The molecule has 0 heterocycles. The topological polar surface area (TPSA) is 0 Å².